The van der Waals surface area contributed by atoms with Crippen molar-refractivity contribution in [3.8, 4) is 0 Å². The Morgan fingerprint density at radius 3 is 1.06 bits per heavy atom. The van der Waals surface area contributed by atoms with Crippen LogP contribution < -0.4 is 24.9 Å². The predicted octanol–water partition coefficient (Wildman–Crippen LogP) is 0.509. The minimum Gasteiger partial charge on any atom is -0.756 e. The standard InChI is InChI=1S/C66H131NO38P4/c1-7-52(42-86-23-18-31-91-48(2)3)43-87-24-19-35-101-109(84,85)102-47-66(44-88-25-20-36-98-106(78,79)95-32-14-10-8-12-28-92-63-49(4)57(72)59(74)53(39-68)103-63,45-89-26-21-37-99-107(80,81)96-33-15-11-9-13-29-93-64-50(5)58(73)60(75)54(40-69)104-64)46-90-27-22-38-100-108(82,83)97-34-17-16-30-94-65-56(67-51(6)71)62(77)61(76)55(41-70)105-65/h48-50,52-65,68-70,72-77H,7-47H2,1-6H3,(H,67,71)(H,78,79)(H,80,81)(H,82,83)(H,84,85)/p-4/t49?,50?,52?,53?,54?,55?,56?,57-,58-,59+,60+,61+,62-,63-,64-,65-,66?/m1/s1. The Kier molecular flexibility index (Phi) is 53.7. The van der Waals surface area contributed by atoms with E-state index in [9.17, 15) is 88.6 Å². The van der Waals surface area contributed by atoms with E-state index in [0.29, 0.717) is 77.8 Å². The van der Waals surface area contributed by atoms with E-state index in [-0.39, 0.29) is 123 Å². The number of ether oxygens (including phenoxy) is 12. The lowest BCUT2D eigenvalue weighted by Crippen LogP contribution is -2.64. The van der Waals surface area contributed by atoms with Gasteiger partial charge in [-0.05, 0) is 90.9 Å². The summed E-state index contributed by atoms with van der Waals surface area (Å²) in [4.78, 5) is 63.4. The molecule has 20 atom stereocenters. The van der Waals surface area contributed by atoms with Gasteiger partial charge in [0.25, 0.3) is 31.3 Å². The van der Waals surface area contributed by atoms with Crippen LogP contribution in [0.2, 0.25) is 0 Å². The minimum atomic E-state index is -5.12. The second kappa shape index (κ2) is 57.2. The van der Waals surface area contributed by atoms with Gasteiger partial charge in [-0.15, -0.1) is 0 Å². The molecule has 11 unspecified atom stereocenters. The molecule has 10 N–H and O–H groups in total. The normalized spacial score (nSPS) is 27.9. The highest BCUT2D eigenvalue weighted by Crippen LogP contribution is 2.43. The molecule has 43 heteroatoms. The maximum Gasteiger partial charge on any atom is 0.267 e. The molecular weight excluding hydrogens is 1540 g/mol. The first-order valence-corrected chi connectivity index (χ1v) is 43.6. The summed E-state index contributed by atoms with van der Waals surface area (Å²) in [6.45, 7) is 6.39. The monoisotopic (exact) mass is 1670 g/mol. The van der Waals surface area contributed by atoms with Gasteiger partial charge in [-0.1, -0.05) is 46.5 Å². The molecule has 0 aromatic rings. The molecule has 0 bridgehead atoms. The van der Waals surface area contributed by atoms with Crippen molar-refractivity contribution in [3.63, 3.8) is 0 Å². The molecule has 0 aromatic heterocycles. The van der Waals surface area contributed by atoms with Crippen molar-refractivity contribution in [1.29, 1.82) is 0 Å². The summed E-state index contributed by atoms with van der Waals surface area (Å²) in [7, 11) is -19.6. The Morgan fingerprint density at radius 1 is 0.404 bits per heavy atom. The molecule has 3 aliphatic heterocycles. The minimum absolute atomic E-state index is 0.0374. The maximum absolute atomic E-state index is 13.4. The summed E-state index contributed by atoms with van der Waals surface area (Å²) in [5.41, 5.74) is -1.55. The van der Waals surface area contributed by atoms with Crippen LogP contribution in [0.3, 0.4) is 0 Å². The lowest BCUT2D eigenvalue weighted by molar-refractivity contribution is -0.282. The third kappa shape index (κ3) is 43.9. The molecule has 648 valence electrons. The predicted molar refractivity (Wildman–Crippen MR) is 376 cm³/mol. The van der Waals surface area contributed by atoms with Gasteiger partial charge in [-0.25, -0.2) is 0 Å². The van der Waals surface area contributed by atoms with Crippen LogP contribution in [0, 0.1) is 23.2 Å². The highest BCUT2D eigenvalue weighted by molar-refractivity contribution is 7.46. The van der Waals surface area contributed by atoms with Gasteiger partial charge in [-0.2, -0.15) is 0 Å². The van der Waals surface area contributed by atoms with E-state index in [1.807, 2.05) is 20.8 Å². The highest BCUT2D eigenvalue weighted by Gasteiger charge is 2.46. The van der Waals surface area contributed by atoms with Crippen LogP contribution in [-0.4, -0.2) is 303 Å². The van der Waals surface area contributed by atoms with Crippen LogP contribution in [0.4, 0.5) is 0 Å². The highest BCUT2D eigenvalue weighted by atomic mass is 31.2. The van der Waals surface area contributed by atoms with Crippen LogP contribution >= 0.6 is 31.3 Å². The van der Waals surface area contributed by atoms with Crippen molar-refractivity contribution in [2.75, 3.05) is 165 Å². The van der Waals surface area contributed by atoms with Crippen LogP contribution in [0.25, 0.3) is 0 Å². The molecule has 1 amide bonds. The van der Waals surface area contributed by atoms with E-state index in [1.54, 1.807) is 13.8 Å². The van der Waals surface area contributed by atoms with Crippen LogP contribution in [0.5, 0.6) is 0 Å². The smallest absolute Gasteiger partial charge is 0.267 e. The van der Waals surface area contributed by atoms with Crippen molar-refractivity contribution in [1.82, 2.24) is 5.32 Å². The van der Waals surface area contributed by atoms with Crippen LogP contribution in [0.15, 0.2) is 0 Å². The molecule has 3 heterocycles. The van der Waals surface area contributed by atoms with Gasteiger partial charge in [0.05, 0.1) is 129 Å². The third-order valence-electron chi connectivity index (χ3n) is 17.5. The lowest BCUT2D eigenvalue weighted by atomic mass is 9.92. The molecule has 109 heavy (non-hydrogen) atoms. The number of aliphatic hydroxyl groups is 9. The van der Waals surface area contributed by atoms with E-state index in [0.717, 1.165) is 12.8 Å². The molecule has 0 saturated carbocycles. The van der Waals surface area contributed by atoms with Crippen molar-refractivity contribution < 1.29 is 182 Å². The topological polar surface area (TPSA) is 556 Å². The van der Waals surface area contributed by atoms with E-state index in [1.165, 1.54) is 6.92 Å². The Bertz CT molecular complexity index is 2440. The molecule has 3 rings (SSSR count). The van der Waals surface area contributed by atoms with Gasteiger partial charge < -0.3 is 164 Å². The summed E-state index contributed by atoms with van der Waals surface area (Å²) in [6, 6.07) is -1.18. The quantitative estimate of drug-likeness (QED) is 0.0293. The molecule has 0 spiro atoms. The molecular formula is C66H127NO38P4-4. The Hall–Kier alpha value is -0.930. The molecule has 3 aliphatic rings. The number of hydrogen-bond donors (Lipinski definition) is 10. The van der Waals surface area contributed by atoms with Crippen LogP contribution in [-0.2, 0) is 116 Å². The molecule has 3 fully saturated rings. The second-order valence-electron chi connectivity index (χ2n) is 27.4. The number of carbonyl (C=O) groups excluding carboxylic acids is 1. The average molecular weight is 1670 g/mol. The van der Waals surface area contributed by atoms with Gasteiger partial charge in [0.2, 0.25) is 5.91 Å². The number of amides is 1. The number of phosphoric acid groups is 4. The van der Waals surface area contributed by atoms with Gasteiger partial charge in [-0.3, -0.25) is 23.1 Å². The first-order chi connectivity index (χ1) is 51.8. The Balaban J connectivity index is 1.62. The van der Waals surface area contributed by atoms with E-state index in [4.69, 9.17) is 93.0 Å². The van der Waals surface area contributed by atoms with Crippen LogP contribution in [0.1, 0.15) is 144 Å². The van der Waals surface area contributed by atoms with Gasteiger partial charge in [0.15, 0.2) is 18.9 Å². The first-order valence-electron chi connectivity index (χ1n) is 37.7. The number of aliphatic hydroxyl groups excluding tert-OH is 9. The SMILES string of the molecule is CCC(COCCCOC(C)C)COCCCOP(=O)([O-])OCC(COCCCOP(=O)([O-])OCCCCCCO[C@@H]1OC(CO)[C@H](O)[C@H](O)C1C)(COCCCOP(=O)([O-])OCCCCCCO[C@@H]1OC(CO)[C@H](O)[C@H](O)C1C)COCCCOP(=O)([O-])OCCCCO[C@@H]1OC(CO)[C@H](O)[C@H](O)C1NC(C)=O. The first kappa shape index (κ1) is 102. The van der Waals surface area contributed by atoms with E-state index < -0.39 is 200 Å². The Labute approximate surface area is 640 Å². The van der Waals surface area contributed by atoms with Crippen molar-refractivity contribution in [2.24, 2.45) is 23.2 Å². The summed E-state index contributed by atoms with van der Waals surface area (Å²) >= 11 is 0. The van der Waals surface area contributed by atoms with Gasteiger partial charge in [0.1, 0.15) is 48.8 Å². The molecule has 0 aliphatic carbocycles. The molecule has 3 saturated heterocycles. The lowest BCUT2D eigenvalue weighted by Gasteiger charge is -2.42. The zero-order valence-electron chi connectivity index (χ0n) is 64.0. The zero-order valence-corrected chi connectivity index (χ0v) is 67.5. The number of unbranched alkanes of at least 4 members (excludes halogenated alkanes) is 7. The average Bonchev–Trinajstić information content (AvgIpc) is 0.831. The summed E-state index contributed by atoms with van der Waals surface area (Å²) in [6.07, 6.45) is -7.95. The Morgan fingerprint density at radius 2 is 0.706 bits per heavy atom. The maximum atomic E-state index is 13.4. The summed E-state index contributed by atoms with van der Waals surface area (Å²) in [5, 5.41) is 92.5. The summed E-state index contributed by atoms with van der Waals surface area (Å²) < 4.78 is 161. The molecule has 0 aromatic carbocycles. The zero-order chi connectivity index (χ0) is 80.7. The number of carbonyl (C=O) groups is 1. The van der Waals surface area contributed by atoms with E-state index >= 15 is 0 Å². The fourth-order valence-electron chi connectivity index (χ4n) is 11.0. The van der Waals surface area contributed by atoms with E-state index in [2.05, 4.69) is 5.32 Å². The largest absolute Gasteiger partial charge is 0.756 e. The van der Waals surface area contributed by atoms with Crippen molar-refractivity contribution >= 4 is 37.2 Å². The molecule has 0 radical (unpaired) electrons. The third-order valence-corrected chi connectivity index (χ3v) is 21.4. The number of hydrogen-bond acceptors (Lipinski definition) is 38. The van der Waals surface area contributed by atoms with Crippen molar-refractivity contribution in [3.05, 3.63) is 0 Å². The fourth-order valence-corrected chi connectivity index (χ4v) is 14.2. The number of rotatable bonds is 68. The van der Waals surface area contributed by atoms with Gasteiger partial charge in [0, 0.05) is 84.1 Å². The van der Waals surface area contributed by atoms with Gasteiger partial charge >= 0.3 is 0 Å². The summed E-state index contributed by atoms with van der Waals surface area (Å²) in [5.74, 6) is -1.57. The number of phosphoric ester groups is 4. The van der Waals surface area contributed by atoms with Crippen molar-refractivity contribution in [2.45, 2.75) is 230 Å². The molecule has 39 nitrogen and oxygen atoms in total. The second-order valence-corrected chi connectivity index (χ2v) is 33.0. The fraction of sp³-hybridized carbons (Fsp3) is 0.985. The number of nitrogens with one attached hydrogen (secondary N) is 1.